The first-order valence-corrected chi connectivity index (χ1v) is 5.64. The standard InChI is InChI=1S/C13H18N2O/c1-8-7-12(14)9(2)6-11(8)13(16)15(3)10-4-5-10/h6-7,10H,4-5,14H2,1-3H3. The van der Waals surface area contributed by atoms with Crippen molar-refractivity contribution in [2.24, 2.45) is 0 Å². The normalized spacial score (nSPS) is 14.9. The molecule has 0 saturated heterocycles. The Labute approximate surface area is 96.2 Å². The zero-order valence-electron chi connectivity index (χ0n) is 10.1. The van der Waals surface area contributed by atoms with Gasteiger partial charge in [-0.1, -0.05) is 0 Å². The molecule has 3 nitrogen and oxygen atoms in total. The van der Waals surface area contributed by atoms with Crippen molar-refractivity contribution in [3.05, 3.63) is 28.8 Å². The Morgan fingerprint density at radius 1 is 1.31 bits per heavy atom. The van der Waals surface area contributed by atoms with E-state index in [9.17, 15) is 4.79 Å². The Balaban J connectivity index is 2.32. The predicted molar refractivity (Wildman–Crippen MR) is 65.4 cm³/mol. The largest absolute Gasteiger partial charge is 0.399 e. The van der Waals surface area contributed by atoms with Crippen LogP contribution in [-0.2, 0) is 0 Å². The zero-order chi connectivity index (χ0) is 11.9. The maximum atomic E-state index is 12.2. The molecule has 1 saturated carbocycles. The third kappa shape index (κ3) is 1.90. The van der Waals surface area contributed by atoms with Crippen molar-refractivity contribution < 1.29 is 4.79 Å². The van der Waals surface area contributed by atoms with Gasteiger partial charge in [-0.3, -0.25) is 4.79 Å². The molecular weight excluding hydrogens is 200 g/mol. The maximum absolute atomic E-state index is 12.2. The number of carbonyl (C=O) groups excluding carboxylic acids is 1. The lowest BCUT2D eigenvalue weighted by Gasteiger charge is -2.18. The van der Waals surface area contributed by atoms with Crippen LogP contribution < -0.4 is 5.73 Å². The average molecular weight is 218 g/mol. The molecule has 1 aliphatic rings. The van der Waals surface area contributed by atoms with Crippen LogP contribution in [-0.4, -0.2) is 23.9 Å². The van der Waals surface area contributed by atoms with Crippen molar-refractivity contribution in [2.75, 3.05) is 12.8 Å². The van der Waals surface area contributed by atoms with Crippen molar-refractivity contribution in [1.29, 1.82) is 0 Å². The molecule has 0 spiro atoms. The third-order valence-corrected chi connectivity index (χ3v) is 3.26. The summed E-state index contributed by atoms with van der Waals surface area (Å²) >= 11 is 0. The number of hydrogen-bond acceptors (Lipinski definition) is 2. The highest BCUT2D eigenvalue weighted by Gasteiger charge is 2.30. The van der Waals surface area contributed by atoms with Crippen molar-refractivity contribution in [3.63, 3.8) is 0 Å². The molecule has 0 atom stereocenters. The van der Waals surface area contributed by atoms with Gasteiger partial charge < -0.3 is 10.6 Å². The van der Waals surface area contributed by atoms with E-state index in [1.54, 1.807) is 0 Å². The third-order valence-electron chi connectivity index (χ3n) is 3.26. The molecule has 1 aromatic rings. The molecule has 1 aromatic carbocycles. The summed E-state index contributed by atoms with van der Waals surface area (Å²) in [6.07, 6.45) is 2.27. The summed E-state index contributed by atoms with van der Waals surface area (Å²) in [7, 11) is 1.88. The molecule has 0 aliphatic heterocycles. The Bertz CT molecular complexity index is 436. The van der Waals surface area contributed by atoms with Crippen LogP contribution in [0, 0.1) is 13.8 Å². The number of carbonyl (C=O) groups is 1. The minimum absolute atomic E-state index is 0.114. The first kappa shape index (κ1) is 11.0. The van der Waals surface area contributed by atoms with Gasteiger partial charge in [0.2, 0.25) is 0 Å². The second kappa shape index (κ2) is 3.81. The highest BCUT2D eigenvalue weighted by atomic mass is 16.2. The lowest BCUT2D eigenvalue weighted by molar-refractivity contribution is 0.0784. The van der Waals surface area contributed by atoms with E-state index in [0.717, 1.165) is 35.2 Å². The highest BCUT2D eigenvalue weighted by molar-refractivity contribution is 5.96. The number of nitrogens with zero attached hydrogens (tertiary/aromatic N) is 1. The lowest BCUT2D eigenvalue weighted by atomic mass is 10.0. The molecule has 2 rings (SSSR count). The molecule has 1 amide bonds. The van der Waals surface area contributed by atoms with Crippen LogP contribution in [0.4, 0.5) is 5.69 Å². The monoisotopic (exact) mass is 218 g/mol. The van der Waals surface area contributed by atoms with E-state index in [4.69, 9.17) is 5.73 Å². The minimum atomic E-state index is 0.114. The quantitative estimate of drug-likeness (QED) is 0.773. The van der Waals surface area contributed by atoms with Gasteiger partial charge in [-0.05, 0) is 49.9 Å². The molecule has 1 fully saturated rings. The van der Waals surface area contributed by atoms with Gasteiger partial charge in [-0.2, -0.15) is 0 Å². The molecule has 1 aliphatic carbocycles. The SMILES string of the molecule is Cc1cc(C(=O)N(C)C2CC2)c(C)cc1N. The Morgan fingerprint density at radius 2 is 1.94 bits per heavy atom. The summed E-state index contributed by atoms with van der Waals surface area (Å²) < 4.78 is 0. The highest BCUT2D eigenvalue weighted by Crippen LogP contribution is 2.28. The van der Waals surface area contributed by atoms with Crippen LogP contribution in [0.5, 0.6) is 0 Å². The van der Waals surface area contributed by atoms with Gasteiger partial charge in [0.15, 0.2) is 0 Å². The smallest absolute Gasteiger partial charge is 0.254 e. The van der Waals surface area contributed by atoms with Crippen molar-refractivity contribution in [3.8, 4) is 0 Å². The van der Waals surface area contributed by atoms with Gasteiger partial charge in [-0.15, -0.1) is 0 Å². The Hall–Kier alpha value is -1.51. The number of nitrogen functional groups attached to an aromatic ring is 1. The van der Waals surface area contributed by atoms with Gasteiger partial charge in [0.05, 0.1) is 0 Å². The van der Waals surface area contributed by atoms with Gasteiger partial charge in [0.1, 0.15) is 0 Å². The van der Waals surface area contributed by atoms with Crippen LogP contribution >= 0.6 is 0 Å². The van der Waals surface area contributed by atoms with E-state index in [0.29, 0.717) is 6.04 Å². The second-order valence-corrected chi connectivity index (χ2v) is 4.67. The summed E-state index contributed by atoms with van der Waals surface area (Å²) in [5, 5.41) is 0. The van der Waals surface area contributed by atoms with E-state index >= 15 is 0 Å². The molecule has 3 heteroatoms. The predicted octanol–water partition coefficient (Wildman–Crippen LogP) is 2.12. The van der Waals surface area contributed by atoms with Crippen LogP contribution in [0.3, 0.4) is 0 Å². The van der Waals surface area contributed by atoms with E-state index in [1.165, 1.54) is 0 Å². The van der Waals surface area contributed by atoms with Crippen LogP contribution in [0.25, 0.3) is 0 Å². The van der Waals surface area contributed by atoms with Crippen molar-refractivity contribution >= 4 is 11.6 Å². The van der Waals surface area contributed by atoms with Gasteiger partial charge in [0, 0.05) is 24.3 Å². The maximum Gasteiger partial charge on any atom is 0.254 e. The van der Waals surface area contributed by atoms with Crippen LogP contribution in [0.1, 0.15) is 34.3 Å². The van der Waals surface area contributed by atoms with Gasteiger partial charge in [-0.25, -0.2) is 0 Å². The summed E-state index contributed by atoms with van der Waals surface area (Å²) in [6.45, 7) is 3.87. The molecule has 0 heterocycles. The molecule has 0 radical (unpaired) electrons. The van der Waals surface area contributed by atoms with E-state index in [-0.39, 0.29) is 5.91 Å². The van der Waals surface area contributed by atoms with Gasteiger partial charge >= 0.3 is 0 Å². The number of benzene rings is 1. The van der Waals surface area contributed by atoms with E-state index in [2.05, 4.69) is 0 Å². The fourth-order valence-electron chi connectivity index (χ4n) is 1.89. The Morgan fingerprint density at radius 3 is 2.50 bits per heavy atom. The summed E-state index contributed by atoms with van der Waals surface area (Å²) in [5.74, 6) is 0.114. The van der Waals surface area contributed by atoms with E-state index < -0.39 is 0 Å². The van der Waals surface area contributed by atoms with Gasteiger partial charge in [0.25, 0.3) is 5.91 Å². The number of anilines is 1. The number of amides is 1. The number of hydrogen-bond donors (Lipinski definition) is 1. The average Bonchev–Trinajstić information content (AvgIpc) is 3.05. The number of nitrogens with two attached hydrogens (primary N) is 1. The fourth-order valence-corrected chi connectivity index (χ4v) is 1.89. The minimum Gasteiger partial charge on any atom is -0.399 e. The molecule has 0 bridgehead atoms. The number of aryl methyl sites for hydroxylation is 2. The lowest BCUT2D eigenvalue weighted by Crippen LogP contribution is -2.29. The van der Waals surface area contributed by atoms with Crippen molar-refractivity contribution in [2.45, 2.75) is 32.7 Å². The molecular formula is C13H18N2O. The first-order valence-electron chi connectivity index (χ1n) is 5.64. The Kier molecular flexibility index (Phi) is 2.62. The topological polar surface area (TPSA) is 46.3 Å². The number of rotatable bonds is 2. The van der Waals surface area contributed by atoms with Crippen molar-refractivity contribution in [1.82, 2.24) is 4.90 Å². The molecule has 86 valence electrons. The first-order chi connectivity index (χ1) is 7.50. The summed E-state index contributed by atoms with van der Waals surface area (Å²) in [4.78, 5) is 14.0. The molecule has 0 aromatic heterocycles. The fraction of sp³-hybridized carbons (Fsp3) is 0.462. The van der Waals surface area contributed by atoms with Crippen LogP contribution in [0.15, 0.2) is 12.1 Å². The zero-order valence-corrected chi connectivity index (χ0v) is 10.1. The summed E-state index contributed by atoms with van der Waals surface area (Å²) in [5.41, 5.74) is 9.27. The second-order valence-electron chi connectivity index (χ2n) is 4.67. The summed E-state index contributed by atoms with van der Waals surface area (Å²) in [6, 6.07) is 4.22. The van der Waals surface area contributed by atoms with Crippen LogP contribution in [0.2, 0.25) is 0 Å². The molecule has 2 N–H and O–H groups in total. The molecule has 0 unspecified atom stereocenters. The molecule has 16 heavy (non-hydrogen) atoms. The van der Waals surface area contributed by atoms with E-state index in [1.807, 2.05) is 37.9 Å².